The quantitative estimate of drug-likeness (QED) is 0.774. The molecule has 3 rings (SSSR count). The van der Waals surface area contributed by atoms with Gasteiger partial charge in [0, 0.05) is 11.6 Å². The van der Waals surface area contributed by atoms with E-state index in [-0.39, 0.29) is 5.91 Å². The molecule has 0 aliphatic rings. The summed E-state index contributed by atoms with van der Waals surface area (Å²) in [7, 11) is 3.17. The Balaban J connectivity index is 1.93. The number of carbonyl (C=O) groups excluding carboxylic acids is 1. The van der Waals surface area contributed by atoms with Crippen molar-refractivity contribution in [3.8, 4) is 17.2 Å². The summed E-state index contributed by atoms with van der Waals surface area (Å²) in [5.41, 5.74) is 1.90. The van der Waals surface area contributed by atoms with E-state index < -0.39 is 0 Å². The van der Waals surface area contributed by atoms with Crippen molar-refractivity contribution in [2.45, 2.75) is 6.92 Å². The van der Waals surface area contributed by atoms with E-state index >= 15 is 0 Å². The molecule has 1 amide bonds. The van der Waals surface area contributed by atoms with E-state index in [4.69, 9.17) is 9.47 Å². The molecule has 0 fully saturated rings. The van der Waals surface area contributed by atoms with Gasteiger partial charge >= 0.3 is 0 Å². The van der Waals surface area contributed by atoms with Crippen LogP contribution in [0.25, 0.3) is 5.69 Å². The van der Waals surface area contributed by atoms with Crippen molar-refractivity contribution >= 4 is 11.7 Å². The van der Waals surface area contributed by atoms with Gasteiger partial charge in [0.1, 0.15) is 17.2 Å². The third-order valence-corrected chi connectivity index (χ3v) is 3.78. The van der Waals surface area contributed by atoms with Gasteiger partial charge in [-0.2, -0.15) is 0 Å². The summed E-state index contributed by atoms with van der Waals surface area (Å²) in [5.74, 6) is 1.43. The Morgan fingerprint density at radius 1 is 1.08 bits per heavy atom. The molecule has 0 spiro atoms. The molecule has 3 aromatic rings. The highest BCUT2D eigenvalue weighted by molar-refractivity contribution is 6.03. The highest BCUT2D eigenvalue weighted by Crippen LogP contribution is 2.29. The third-order valence-electron chi connectivity index (χ3n) is 3.78. The first-order valence-corrected chi connectivity index (χ1v) is 7.65. The van der Waals surface area contributed by atoms with Gasteiger partial charge in [0.05, 0.1) is 19.9 Å². The predicted molar refractivity (Wildman–Crippen MR) is 93.6 cm³/mol. The summed E-state index contributed by atoms with van der Waals surface area (Å²) < 4.78 is 12.2. The van der Waals surface area contributed by atoms with Gasteiger partial charge in [-0.3, -0.25) is 4.79 Å². The van der Waals surface area contributed by atoms with Gasteiger partial charge < -0.3 is 14.8 Å². The molecule has 0 saturated carbocycles. The third kappa shape index (κ3) is 3.30. The summed E-state index contributed by atoms with van der Waals surface area (Å²) in [6.45, 7) is 1.82. The molecule has 0 aliphatic heterocycles. The molecule has 2 aromatic carbocycles. The minimum atomic E-state index is -0.242. The first-order valence-electron chi connectivity index (χ1n) is 7.65. The van der Waals surface area contributed by atoms with Gasteiger partial charge in [0.2, 0.25) is 0 Å². The van der Waals surface area contributed by atoms with Crippen LogP contribution in [-0.4, -0.2) is 35.1 Å². The molecule has 0 bridgehead atoms. The van der Waals surface area contributed by atoms with Gasteiger partial charge in [-0.15, -0.1) is 5.10 Å². The van der Waals surface area contributed by atoms with Crippen LogP contribution in [0, 0.1) is 6.92 Å². The van der Waals surface area contributed by atoms with Gasteiger partial charge in [0.15, 0.2) is 5.82 Å². The van der Waals surface area contributed by atoms with E-state index in [2.05, 4.69) is 15.6 Å². The van der Waals surface area contributed by atoms with Gasteiger partial charge in [-0.1, -0.05) is 23.4 Å². The second kappa shape index (κ2) is 7.04. The van der Waals surface area contributed by atoms with Crippen LogP contribution in [0.5, 0.6) is 11.5 Å². The fraction of sp³-hybridized carbons (Fsp3) is 0.167. The van der Waals surface area contributed by atoms with Crippen molar-refractivity contribution in [2.75, 3.05) is 19.5 Å². The van der Waals surface area contributed by atoms with Crippen molar-refractivity contribution in [1.82, 2.24) is 15.0 Å². The molecule has 0 saturated heterocycles. The van der Waals surface area contributed by atoms with Crippen LogP contribution in [0.15, 0.2) is 48.5 Å². The Hall–Kier alpha value is -3.35. The molecule has 1 N–H and O–H groups in total. The monoisotopic (exact) mass is 338 g/mol. The molecule has 1 heterocycles. The highest BCUT2D eigenvalue weighted by Gasteiger charge is 2.17. The second-order valence-electron chi connectivity index (χ2n) is 5.29. The summed E-state index contributed by atoms with van der Waals surface area (Å²) in [4.78, 5) is 12.3. The van der Waals surface area contributed by atoms with E-state index in [9.17, 15) is 4.79 Å². The molecule has 0 radical (unpaired) electrons. The molecule has 25 heavy (non-hydrogen) atoms. The SMILES string of the molecule is COc1ccc(OC)c(-n2nnc(NC(=O)c3ccccc3)c2C)c1. The number of anilines is 1. The zero-order chi connectivity index (χ0) is 17.8. The maximum Gasteiger partial charge on any atom is 0.256 e. The van der Waals surface area contributed by atoms with E-state index in [1.165, 1.54) is 0 Å². The molecule has 0 atom stereocenters. The van der Waals surface area contributed by atoms with Crippen LogP contribution in [-0.2, 0) is 0 Å². The van der Waals surface area contributed by atoms with Gasteiger partial charge in [-0.25, -0.2) is 4.68 Å². The number of nitrogens with one attached hydrogen (secondary N) is 1. The molecule has 0 aliphatic carbocycles. The molecule has 7 heteroatoms. The summed E-state index contributed by atoms with van der Waals surface area (Å²) >= 11 is 0. The van der Waals surface area contributed by atoms with Crippen molar-refractivity contribution in [3.63, 3.8) is 0 Å². The average Bonchev–Trinajstić information content (AvgIpc) is 3.02. The zero-order valence-corrected chi connectivity index (χ0v) is 14.2. The number of benzene rings is 2. The Bertz CT molecular complexity index is 891. The van der Waals surface area contributed by atoms with Crippen molar-refractivity contribution in [3.05, 3.63) is 59.8 Å². The summed E-state index contributed by atoms with van der Waals surface area (Å²) in [6, 6.07) is 14.3. The minimum absolute atomic E-state index is 0.242. The van der Waals surface area contributed by atoms with Crippen LogP contribution in [0.2, 0.25) is 0 Å². The summed E-state index contributed by atoms with van der Waals surface area (Å²) in [6.07, 6.45) is 0. The predicted octanol–water partition coefficient (Wildman–Crippen LogP) is 2.85. The van der Waals surface area contributed by atoms with E-state index in [1.54, 1.807) is 61.4 Å². The largest absolute Gasteiger partial charge is 0.497 e. The lowest BCUT2D eigenvalue weighted by molar-refractivity contribution is 0.102. The van der Waals surface area contributed by atoms with Crippen molar-refractivity contribution in [2.24, 2.45) is 0 Å². The smallest absolute Gasteiger partial charge is 0.256 e. The minimum Gasteiger partial charge on any atom is -0.497 e. The van der Waals surface area contributed by atoms with Crippen LogP contribution >= 0.6 is 0 Å². The zero-order valence-electron chi connectivity index (χ0n) is 14.2. The Labute approximate surface area is 145 Å². The highest BCUT2D eigenvalue weighted by atomic mass is 16.5. The van der Waals surface area contributed by atoms with Crippen LogP contribution in [0.1, 0.15) is 16.1 Å². The van der Waals surface area contributed by atoms with E-state index in [0.717, 1.165) is 0 Å². The van der Waals surface area contributed by atoms with Crippen molar-refractivity contribution in [1.29, 1.82) is 0 Å². The molecular formula is C18H18N4O3. The van der Waals surface area contributed by atoms with E-state index in [0.29, 0.717) is 34.3 Å². The Kier molecular flexibility index (Phi) is 4.65. The number of aromatic nitrogens is 3. The topological polar surface area (TPSA) is 78.3 Å². The standard InChI is InChI=1S/C18H18N4O3/c1-12-17(19-18(23)13-7-5-4-6-8-13)20-21-22(12)15-11-14(24-2)9-10-16(15)25-3/h4-11H,1-3H3,(H,19,23). The number of hydrogen-bond acceptors (Lipinski definition) is 5. The Morgan fingerprint density at radius 2 is 1.84 bits per heavy atom. The molecule has 1 aromatic heterocycles. The van der Waals surface area contributed by atoms with Crippen LogP contribution in [0.3, 0.4) is 0 Å². The molecule has 128 valence electrons. The average molecular weight is 338 g/mol. The van der Waals surface area contributed by atoms with Crippen molar-refractivity contribution < 1.29 is 14.3 Å². The van der Waals surface area contributed by atoms with Crippen LogP contribution in [0.4, 0.5) is 5.82 Å². The number of nitrogens with zero attached hydrogens (tertiary/aromatic N) is 3. The number of amides is 1. The normalized spacial score (nSPS) is 10.4. The second-order valence-corrected chi connectivity index (χ2v) is 5.29. The van der Waals surface area contributed by atoms with Crippen LogP contribution < -0.4 is 14.8 Å². The fourth-order valence-electron chi connectivity index (χ4n) is 2.41. The van der Waals surface area contributed by atoms with E-state index in [1.807, 2.05) is 13.0 Å². The first kappa shape index (κ1) is 16.5. The fourth-order valence-corrected chi connectivity index (χ4v) is 2.41. The molecule has 0 unspecified atom stereocenters. The Morgan fingerprint density at radius 3 is 2.52 bits per heavy atom. The lowest BCUT2D eigenvalue weighted by atomic mass is 10.2. The maximum absolute atomic E-state index is 12.3. The number of methoxy groups -OCH3 is 2. The van der Waals surface area contributed by atoms with Gasteiger partial charge in [0.25, 0.3) is 5.91 Å². The number of rotatable bonds is 5. The number of ether oxygens (including phenoxy) is 2. The first-order chi connectivity index (χ1) is 12.1. The molecule has 7 nitrogen and oxygen atoms in total. The van der Waals surface area contributed by atoms with Gasteiger partial charge in [-0.05, 0) is 31.2 Å². The summed E-state index contributed by atoms with van der Waals surface area (Å²) in [5, 5.41) is 11.0. The number of hydrogen-bond donors (Lipinski definition) is 1. The molecular weight excluding hydrogens is 320 g/mol. The lowest BCUT2D eigenvalue weighted by Crippen LogP contribution is -2.13. The maximum atomic E-state index is 12.3. The number of carbonyl (C=O) groups is 1. The lowest BCUT2D eigenvalue weighted by Gasteiger charge is -2.11.